The Kier molecular flexibility index (Phi) is 6.68. The smallest absolute Gasteiger partial charge is 0.262 e. The van der Waals surface area contributed by atoms with Gasteiger partial charge in [0, 0.05) is 13.2 Å². The molecule has 0 saturated heterocycles. The molecule has 0 spiro atoms. The van der Waals surface area contributed by atoms with Crippen LogP contribution in [0.15, 0.2) is 5.38 Å². The summed E-state index contributed by atoms with van der Waals surface area (Å²) in [4.78, 5) is 12.5. The highest BCUT2D eigenvalue weighted by molar-refractivity contribution is 7.13. The minimum absolute atomic E-state index is 0.114. The van der Waals surface area contributed by atoms with Crippen molar-refractivity contribution >= 4 is 28.8 Å². The van der Waals surface area contributed by atoms with Gasteiger partial charge in [-0.25, -0.2) is 0 Å². The fourth-order valence-corrected chi connectivity index (χ4v) is 3.03. The highest BCUT2D eigenvalue weighted by Gasteiger charge is 2.16. The normalized spacial score (nSPS) is 12.4. The Balaban J connectivity index is 2.51. The van der Waals surface area contributed by atoms with Crippen LogP contribution in [0.2, 0.25) is 5.02 Å². The van der Waals surface area contributed by atoms with Crippen molar-refractivity contribution in [3.63, 3.8) is 0 Å². The summed E-state index contributed by atoms with van der Waals surface area (Å²) < 4.78 is 0. The Morgan fingerprint density at radius 1 is 1.56 bits per heavy atom. The van der Waals surface area contributed by atoms with Gasteiger partial charge in [-0.05, 0) is 36.6 Å². The Morgan fingerprint density at radius 3 is 2.78 bits per heavy atom. The molecule has 0 aromatic carbocycles. The van der Waals surface area contributed by atoms with Gasteiger partial charge in [0.2, 0.25) is 0 Å². The zero-order chi connectivity index (χ0) is 13.5. The molecule has 0 aliphatic heterocycles. The molecule has 0 radical (unpaired) electrons. The van der Waals surface area contributed by atoms with Gasteiger partial charge in [0.1, 0.15) is 4.88 Å². The molecule has 1 atom stereocenters. The first-order valence-electron chi connectivity index (χ1n) is 6.22. The van der Waals surface area contributed by atoms with Crippen molar-refractivity contribution in [3.05, 3.63) is 20.8 Å². The summed E-state index contributed by atoms with van der Waals surface area (Å²) in [5, 5.41) is 14.3. The molecule has 102 valence electrons. The fraction of sp³-hybridized carbons (Fsp3) is 0.615. The van der Waals surface area contributed by atoms with Crippen molar-refractivity contribution in [2.24, 2.45) is 5.92 Å². The van der Waals surface area contributed by atoms with Crippen molar-refractivity contribution in [1.82, 2.24) is 5.32 Å². The predicted octanol–water partition coefficient (Wildman–Crippen LogP) is 3.24. The molecular formula is C13H20ClNO2S. The first-order chi connectivity index (χ1) is 8.60. The van der Waals surface area contributed by atoms with Gasteiger partial charge in [0.05, 0.1) is 5.02 Å². The lowest BCUT2D eigenvalue weighted by atomic mass is 10.0. The SMILES string of the molecule is CCCC(CCO)CNC(=O)c1scc(C)c1Cl. The zero-order valence-electron chi connectivity index (χ0n) is 10.8. The van der Waals surface area contributed by atoms with Crippen molar-refractivity contribution < 1.29 is 9.90 Å². The molecule has 3 nitrogen and oxygen atoms in total. The van der Waals surface area contributed by atoms with Gasteiger partial charge in [0.15, 0.2) is 0 Å². The summed E-state index contributed by atoms with van der Waals surface area (Å²) in [6, 6.07) is 0. The lowest BCUT2D eigenvalue weighted by Gasteiger charge is -2.15. The molecule has 2 N–H and O–H groups in total. The third-order valence-electron chi connectivity index (χ3n) is 2.89. The summed E-state index contributed by atoms with van der Waals surface area (Å²) in [5.74, 6) is 0.223. The standard InChI is InChI=1S/C13H20ClNO2S/c1-3-4-10(5-6-16)7-15-13(17)12-11(14)9(2)8-18-12/h8,10,16H,3-7H2,1-2H3,(H,15,17). The van der Waals surface area contributed by atoms with Gasteiger partial charge in [-0.15, -0.1) is 11.3 Å². The number of aryl methyl sites for hydroxylation is 1. The summed E-state index contributed by atoms with van der Waals surface area (Å²) in [6.45, 7) is 4.76. The van der Waals surface area contributed by atoms with Crippen LogP contribution in [0.1, 0.15) is 41.4 Å². The monoisotopic (exact) mass is 289 g/mol. The molecule has 1 aromatic rings. The van der Waals surface area contributed by atoms with E-state index >= 15 is 0 Å². The van der Waals surface area contributed by atoms with Crippen LogP contribution in [-0.4, -0.2) is 24.2 Å². The highest BCUT2D eigenvalue weighted by Crippen LogP contribution is 2.26. The summed E-state index contributed by atoms with van der Waals surface area (Å²) in [5.41, 5.74) is 0.937. The van der Waals surface area contributed by atoms with E-state index in [4.69, 9.17) is 16.7 Å². The van der Waals surface area contributed by atoms with Gasteiger partial charge in [-0.3, -0.25) is 4.79 Å². The van der Waals surface area contributed by atoms with Gasteiger partial charge < -0.3 is 10.4 Å². The molecule has 0 saturated carbocycles. The lowest BCUT2D eigenvalue weighted by Crippen LogP contribution is -2.29. The van der Waals surface area contributed by atoms with Crippen LogP contribution in [0.25, 0.3) is 0 Å². The quantitative estimate of drug-likeness (QED) is 0.809. The maximum Gasteiger partial charge on any atom is 0.262 e. The Labute approximate surface area is 117 Å². The molecular weight excluding hydrogens is 270 g/mol. The second-order valence-electron chi connectivity index (χ2n) is 4.44. The molecule has 0 bridgehead atoms. The van der Waals surface area contributed by atoms with Crippen molar-refractivity contribution in [2.75, 3.05) is 13.2 Å². The van der Waals surface area contributed by atoms with Gasteiger partial charge in [-0.2, -0.15) is 0 Å². The molecule has 0 aliphatic carbocycles. The summed E-state index contributed by atoms with van der Waals surface area (Å²) >= 11 is 7.42. The second-order valence-corrected chi connectivity index (χ2v) is 5.70. The van der Waals surface area contributed by atoms with E-state index < -0.39 is 0 Å². The Bertz CT molecular complexity index is 386. The van der Waals surface area contributed by atoms with Crippen LogP contribution in [0, 0.1) is 12.8 Å². The van der Waals surface area contributed by atoms with Gasteiger partial charge in [-0.1, -0.05) is 24.9 Å². The number of hydrogen-bond acceptors (Lipinski definition) is 3. The summed E-state index contributed by atoms with van der Waals surface area (Å²) in [7, 11) is 0. The number of aliphatic hydroxyl groups excluding tert-OH is 1. The minimum Gasteiger partial charge on any atom is -0.396 e. The molecule has 1 unspecified atom stereocenters. The lowest BCUT2D eigenvalue weighted by molar-refractivity contribution is 0.0947. The van der Waals surface area contributed by atoms with E-state index in [-0.39, 0.29) is 12.5 Å². The van der Waals surface area contributed by atoms with E-state index in [0.717, 1.165) is 24.8 Å². The number of amides is 1. The number of thiophene rings is 1. The van der Waals surface area contributed by atoms with E-state index in [1.807, 2.05) is 12.3 Å². The zero-order valence-corrected chi connectivity index (χ0v) is 12.4. The number of aliphatic hydroxyl groups is 1. The van der Waals surface area contributed by atoms with E-state index in [1.54, 1.807) is 0 Å². The van der Waals surface area contributed by atoms with E-state index in [1.165, 1.54) is 11.3 Å². The van der Waals surface area contributed by atoms with Crippen LogP contribution in [0.3, 0.4) is 0 Å². The third-order valence-corrected chi connectivity index (χ3v) is 4.59. The van der Waals surface area contributed by atoms with Crippen LogP contribution < -0.4 is 5.32 Å². The third kappa shape index (κ3) is 4.26. The number of nitrogens with one attached hydrogen (secondary N) is 1. The number of hydrogen-bond donors (Lipinski definition) is 2. The predicted molar refractivity (Wildman–Crippen MR) is 76.5 cm³/mol. The average Bonchev–Trinajstić information content (AvgIpc) is 2.67. The average molecular weight is 290 g/mol. The molecule has 1 rings (SSSR count). The fourth-order valence-electron chi connectivity index (χ4n) is 1.84. The first kappa shape index (κ1) is 15.5. The largest absolute Gasteiger partial charge is 0.396 e. The number of rotatable bonds is 7. The minimum atomic E-state index is -0.114. The molecule has 1 amide bonds. The molecule has 0 aliphatic rings. The maximum absolute atomic E-state index is 11.9. The van der Waals surface area contributed by atoms with Crippen molar-refractivity contribution in [1.29, 1.82) is 0 Å². The molecule has 5 heteroatoms. The van der Waals surface area contributed by atoms with Crippen LogP contribution in [0.4, 0.5) is 0 Å². The van der Waals surface area contributed by atoms with Crippen LogP contribution >= 0.6 is 22.9 Å². The van der Waals surface area contributed by atoms with Gasteiger partial charge in [0.25, 0.3) is 5.91 Å². The van der Waals surface area contributed by atoms with Crippen LogP contribution in [-0.2, 0) is 0 Å². The highest BCUT2D eigenvalue weighted by atomic mass is 35.5. The second kappa shape index (κ2) is 7.77. The molecule has 1 aromatic heterocycles. The van der Waals surface area contributed by atoms with Gasteiger partial charge >= 0.3 is 0 Å². The summed E-state index contributed by atoms with van der Waals surface area (Å²) in [6.07, 6.45) is 2.79. The van der Waals surface area contributed by atoms with E-state index in [2.05, 4.69) is 12.2 Å². The number of halogens is 1. The van der Waals surface area contributed by atoms with Crippen molar-refractivity contribution in [3.8, 4) is 0 Å². The molecule has 18 heavy (non-hydrogen) atoms. The first-order valence-corrected chi connectivity index (χ1v) is 7.48. The van der Waals surface area contributed by atoms with Crippen molar-refractivity contribution in [2.45, 2.75) is 33.1 Å². The molecule has 0 fully saturated rings. The maximum atomic E-state index is 11.9. The van der Waals surface area contributed by atoms with E-state index in [0.29, 0.717) is 22.4 Å². The Hall–Kier alpha value is -0.580. The van der Waals surface area contributed by atoms with Crippen LogP contribution in [0.5, 0.6) is 0 Å². The van der Waals surface area contributed by atoms with E-state index in [9.17, 15) is 4.79 Å². The Morgan fingerprint density at radius 2 is 2.28 bits per heavy atom. The number of carbonyl (C=O) groups excluding carboxylic acids is 1. The topological polar surface area (TPSA) is 49.3 Å². The number of carbonyl (C=O) groups is 1. The molecule has 1 heterocycles.